The highest BCUT2D eigenvalue weighted by molar-refractivity contribution is 5.95. The molecule has 1 aliphatic rings. The highest BCUT2D eigenvalue weighted by atomic mass is 19.2. The van der Waals surface area contributed by atoms with Crippen LogP contribution in [0.5, 0.6) is 0 Å². The molecule has 1 aromatic rings. The minimum Gasteiger partial charge on any atom is -0.392 e. The molecule has 0 radical (unpaired) electrons. The lowest BCUT2D eigenvalue weighted by atomic mass is 10.2. The zero-order chi connectivity index (χ0) is 13.3. The summed E-state index contributed by atoms with van der Waals surface area (Å²) >= 11 is 0. The molecule has 2 unspecified atom stereocenters. The van der Waals surface area contributed by atoms with E-state index in [0.717, 1.165) is 0 Å². The molecule has 4 nitrogen and oxygen atoms in total. The van der Waals surface area contributed by atoms with E-state index in [1.807, 2.05) is 0 Å². The molecule has 0 aromatic heterocycles. The Morgan fingerprint density at radius 3 is 2.44 bits per heavy atom. The Morgan fingerprint density at radius 1 is 1.33 bits per heavy atom. The summed E-state index contributed by atoms with van der Waals surface area (Å²) in [4.78, 5) is 11.6. The molecule has 1 saturated heterocycles. The van der Waals surface area contributed by atoms with Crippen molar-refractivity contribution < 1.29 is 23.1 Å². The first-order chi connectivity index (χ1) is 8.47. The van der Waals surface area contributed by atoms with Crippen molar-refractivity contribution in [3.05, 3.63) is 29.6 Å². The van der Waals surface area contributed by atoms with Gasteiger partial charge in [-0.3, -0.25) is 4.79 Å². The second-order valence-electron chi connectivity index (χ2n) is 4.09. The Hall–Kier alpha value is -1.60. The minimum atomic E-state index is -1.58. The van der Waals surface area contributed by atoms with E-state index >= 15 is 0 Å². The number of nitrogens with one attached hydrogen (secondary N) is 2. The summed E-state index contributed by atoms with van der Waals surface area (Å²) < 4.78 is 38.5. The van der Waals surface area contributed by atoms with Crippen LogP contribution in [-0.2, 0) is 4.79 Å². The standard InChI is InChI=1S/C11H11F3N2O2/c12-7-1-5(2-8(13)10(7)14)16-11(18)9-3-6(17)4-15-9/h1-2,6,9,15,17H,3-4H2,(H,16,18). The molecule has 0 aliphatic carbocycles. The van der Waals surface area contributed by atoms with Crippen molar-refractivity contribution in [2.24, 2.45) is 0 Å². The number of aliphatic hydroxyl groups is 1. The van der Waals surface area contributed by atoms with E-state index in [9.17, 15) is 23.1 Å². The minimum absolute atomic E-state index is 0.167. The molecule has 1 aliphatic heterocycles. The van der Waals surface area contributed by atoms with Crippen LogP contribution in [0.4, 0.5) is 18.9 Å². The Balaban J connectivity index is 2.07. The Kier molecular flexibility index (Phi) is 3.53. The second-order valence-corrected chi connectivity index (χ2v) is 4.09. The molecular formula is C11H11F3N2O2. The maximum atomic E-state index is 12.9. The monoisotopic (exact) mass is 260 g/mol. The van der Waals surface area contributed by atoms with E-state index in [2.05, 4.69) is 10.6 Å². The first kappa shape index (κ1) is 12.8. The van der Waals surface area contributed by atoms with Gasteiger partial charge in [-0.05, 0) is 6.42 Å². The lowest BCUT2D eigenvalue weighted by Crippen LogP contribution is -2.35. The van der Waals surface area contributed by atoms with Crippen LogP contribution in [0.15, 0.2) is 12.1 Å². The Morgan fingerprint density at radius 2 is 1.94 bits per heavy atom. The van der Waals surface area contributed by atoms with Gasteiger partial charge in [0.1, 0.15) is 0 Å². The number of carbonyl (C=O) groups excluding carboxylic acids is 1. The zero-order valence-corrected chi connectivity index (χ0v) is 9.21. The third-order valence-corrected chi connectivity index (χ3v) is 2.68. The third-order valence-electron chi connectivity index (χ3n) is 2.68. The summed E-state index contributed by atoms with van der Waals surface area (Å²) in [5, 5.41) is 14.2. The van der Waals surface area contributed by atoms with Crippen molar-refractivity contribution in [2.45, 2.75) is 18.6 Å². The third kappa shape index (κ3) is 2.62. The number of carbonyl (C=O) groups is 1. The molecule has 2 rings (SSSR count). The van der Waals surface area contributed by atoms with Crippen molar-refractivity contribution in [3.63, 3.8) is 0 Å². The van der Waals surface area contributed by atoms with E-state index in [1.165, 1.54) is 0 Å². The van der Waals surface area contributed by atoms with Crippen LogP contribution in [-0.4, -0.2) is 29.7 Å². The fourth-order valence-corrected chi connectivity index (χ4v) is 1.77. The number of rotatable bonds is 2. The van der Waals surface area contributed by atoms with Crippen molar-refractivity contribution in [2.75, 3.05) is 11.9 Å². The van der Waals surface area contributed by atoms with Crippen molar-refractivity contribution in [1.82, 2.24) is 5.32 Å². The molecule has 98 valence electrons. The number of halogens is 3. The van der Waals surface area contributed by atoms with Crippen molar-refractivity contribution in [1.29, 1.82) is 0 Å². The number of hydrogen-bond acceptors (Lipinski definition) is 3. The van der Waals surface area contributed by atoms with Gasteiger partial charge in [0.25, 0.3) is 0 Å². The topological polar surface area (TPSA) is 61.4 Å². The SMILES string of the molecule is O=C(Nc1cc(F)c(F)c(F)c1)C1CC(O)CN1. The van der Waals surface area contributed by atoms with Gasteiger partial charge in [0.05, 0.1) is 12.1 Å². The van der Waals surface area contributed by atoms with E-state index in [4.69, 9.17) is 0 Å². The Labute approximate surface area is 101 Å². The second kappa shape index (κ2) is 4.95. The van der Waals surface area contributed by atoms with Gasteiger partial charge in [0.15, 0.2) is 17.5 Å². The van der Waals surface area contributed by atoms with Crippen LogP contribution in [0.3, 0.4) is 0 Å². The summed E-state index contributed by atoms with van der Waals surface area (Å²) in [7, 11) is 0. The molecule has 0 bridgehead atoms. The van der Waals surface area contributed by atoms with Crippen LogP contribution >= 0.6 is 0 Å². The highest BCUT2D eigenvalue weighted by Crippen LogP contribution is 2.18. The maximum absolute atomic E-state index is 12.9. The van der Waals surface area contributed by atoms with Crippen LogP contribution in [0.2, 0.25) is 0 Å². The molecule has 3 N–H and O–H groups in total. The van der Waals surface area contributed by atoms with Crippen molar-refractivity contribution >= 4 is 11.6 Å². The predicted molar refractivity (Wildman–Crippen MR) is 57.4 cm³/mol. The highest BCUT2D eigenvalue weighted by Gasteiger charge is 2.28. The quantitative estimate of drug-likeness (QED) is 0.688. The van der Waals surface area contributed by atoms with E-state index in [-0.39, 0.29) is 18.7 Å². The number of anilines is 1. The number of β-amino-alcohol motifs (C(OH)–C–C–N with tert-alkyl or cyclic N) is 1. The summed E-state index contributed by atoms with van der Waals surface area (Å²) in [5.41, 5.74) is -0.167. The van der Waals surface area contributed by atoms with Gasteiger partial charge in [0, 0.05) is 24.4 Å². The van der Waals surface area contributed by atoms with Crippen molar-refractivity contribution in [3.8, 4) is 0 Å². The molecule has 1 aromatic carbocycles. The van der Waals surface area contributed by atoms with Crippen LogP contribution < -0.4 is 10.6 Å². The zero-order valence-electron chi connectivity index (χ0n) is 9.21. The summed E-state index contributed by atoms with van der Waals surface area (Å²) in [6.45, 7) is 0.282. The number of amides is 1. The Bertz CT molecular complexity index is 458. The van der Waals surface area contributed by atoms with Gasteiger partial charge in [-0.25, -0.2) is 13.2 Å². The van der Waals surface area contributed by atoms with E-state index < -0.39 is 35.5 Å². The average molecular weight is 260 g/mol. The maximum Gasteiger partial charge on any atom is 0.241 e. The number of aliphatic hydroxyl groups excluding tert-OH is 1. The molecule has 0 spiro atoms. The predicted octanol–water partition coefficient (Wildman–Crippen LogP) is 0.765. The molecule has 1 fully saturated rings. The normalized spacial score (nSPS) is 23.1. The smallest absolute Gasteiger partial charge is 0.241 e. The van der Waals surface area contributed by atoms with Gasteiger partial charge < -0.3 is 15.7 Å². The van der Waals surface area contributed by atoms with Crippen LogP contribution in [0.25, 0.3) is 0 Å². The fraction of sp³-hybridized carbons (Fsp3) is 0.364. The largest absolute Gasteiger partial charge is 0.392 e. The van der Waals surface area contributed by atoms with Gasteiger partial charge >= 0.3 is 0 Å². The molecule has 18 heavy (non-hydrogen) atoms. The number of hydrogen-bond donors (Lipinski definition) is 3. The van der Waals surface area contributed by atoms with E-state index in [0.29, 0.717) is 12.1 Å². The summed E-state index contributed by atoms with van der Waals surface area (Å²) in [5.74, 6) is -4.85. The summed E-state index contributed by atoms with van der Waals surface area (Å²) in [6.07, 6.45) is -0.403. The molecule has 1 amide bonds. The number of benzene rings is 1. The first-order valence-electron chi connectivity index (χ1n) is 5.34. The first-order valence-corrected chi connectivity index (χ1v) is 5.34. The molecule has 7 heteroatoms. The lowest BCUT2D eigenvalue weighted by Gasteiger charge is -2.11. The van der Waals surface area contributed by atoms with E-state index in [1.54, 1.807) is 0 Å². The van der Waals surface area contributed by atoms with Crippen LogP contribution in [0.1, 0.15) is 6.42 Å². The molecular weight excluding hydrogens is 249 g/mol. The van der Waals surface area contributed by atoms with Gasteiger partial charge in [-0.1, -0.05) is 0 Å². The molecule has 2 atom stereocenters. The van der Waals surface area contributed by atoms with Gasteiger partial charge in [0.2, 0.25) is 5.91 Å². The van der Waals surface area contributed by atoms with Crippen LogP contribution in [0, 0.1) is 17.5 Å². The average Bonchev–Trinajstić information content (AvgIpc) is 2.72. The molecule has 0 saturated carbocycles. The lowest BCUT2D eigenvalue weighted by molar-refractivity contribution is -0.117. The fourth-order valence-electron chi connectivity index (χ4n) is 1.77. The van der Waals surface area contributed by atoms with Gasteiger partial charge in [-0.15, -0.1) is 0 Å². The molecule has 1 heterocycles. The van der Waals surface area contributed by atoms with Gasteiger partial charge in [-0.2, -0.15) is 0 Å². The summed E-state index contributed by atoms with van der Waals surface area (Å²) in [6, 6.07) is 0.764.